The van der Waals surface area contributed by atoms with Gasteiger partial charge in [-0.15, -0.1) is 0 Å². The first-order valence-corrected chi connectivity index (χ1v) is 7.20. The Hall–Kier alpha value is -2.21. The van der Waals surface area contributed by atoms with E-state index in [4.69, 9.17) is 5.73 Å². The second kappa shape index (κ2) is 5.65. The maximum atomic E-state index is 11.2. The van der Waals surface area contributed by atoms with Crippen LogP contribution >= 0.6 is 0 Å². The lowest BCUT2D eigenvalue weighted by molar-refractivity contribution is -0.383. The molecule has 1 atom stereocenters. The molecule has 0 aliphatic carbocycles. The maximum Gasteiger partial charge on any atom is 0.278 e. The van der Waals surface area contributed by atoms with Crippen LogP contribution in [0.15, 0.2) is 30.6 Å². The van der Waals surface area contributed by atoms with E-state index in [1.54, 1.807) is 18.5 Å². The molecule has 0 radical (unpaired) electrons. The monoisotopic (exact) mass is 286 g/mol. The summed E-state index contributed by atoms with van der Waals surface area (Å²) in [5, 5.41) is 12.6. The van der Waals surface area contributed by atoms with Crippen LogP contribution in [0.4, 0.5) is 11.4 Å². The van der Waals surface area contributed by atoms with Gasteiger partial charge in [0.2, 0.25) is 0 Å². The van der Waals surface area contributed by atoms with Gasteiger partial charge in [-0.3, -0.25) is 15.1 Å². The maximum absolute atomic E-state index is 11.2. The zero-order chi connectivity index (χ0) is 14.8. The Bertz CT molecular complexity index is 674. The third-order valence-electron chi connectivity index (χ3n) is 4.18. The van der Waals surface area contributed by atoms with Crippen molar-refractivity contribution in [3.63, 3.8) is 0 Å². The molecule has 2 heterocycles. The fourth-order valence-electron chi connectivity index (χ4n) is 3.13. The molecule has 1 aromatic heterocycles. The number of aromatic nitrogens is 1. The number of benzene rings is 1. The number of nitro groups is 1. The largest absolute Gasteiger partial charge is 0.367 e. The fourth-order valence-corrected chi connectivity index (χ4v) is 3.13. The van der Waals surface area contributed by atoms with E-state index < -0.39 is 0 Å². The van der Waals surface area contributed by atoms with E-state index in [2.05, 4.69) is 9.88 Å². The normalized spacial score (nSPS) is 18.9. The van der Waals surface area contributed by atoms with Crippen LogP contribution in [-0.2, 0) is 0 Å². The molecular weight excluding hydrogens is 268 g/mol. The van der Waals surface area contributed by atoms with Crippen molar-refractivity contribution in [1.82, 2.24) is 4.98 Å². The minimum absolute atomic E-state index is 0.100. The highest BCUT2D eigenvalue weighted by Crippen LogP contribution is 2.35. The highest BCUT2D eigenvalue weighted by atomic mass is 16.6. The number of anilines is 1. The van der Waals surface area contributed by atoms with Crippen LogP contribution in [0.2, 0.25) is 0 Å². The van der Waals surface area contributed by atoms with Crippen LogP contribution in [0.1, 0.15) is 19.3 Å². The van der Waals surface area contributed by atoms with Crippen molar-refractivity contribution < 1.29 is 4.92 Å². The van der Waals surface area contributed by atoms with Crippen molar-refractivity contribution in [2.24, 2.45) is 5.73 Å². The molecule has 1 aromatic carbocycles. The second-order valence-corrected chi connectivity index (χ2v) is 5.36. The lowest BCUT2D eigenvalue weighted by atomic mass is 9.99. The fraction of sp³-hybridized carbons (Fsp3) is 0.400. The van der Waals surface area contributed by atoms with Crippen LogP contribution in [0.25, 0.3) is 10.8 Å². The van der Waals surface area contributed by atoms with Crippen LogP contribution in [0.3, 0.4) is 0 Å². The highest BCUT2D eigenvalue weighted by Gasteiger charge is 2.24. The number of pyridine rings is 1. The highest BCUT2D eigenvalue weighted by molar-refractivity contribution is 5.99. The summed E-state index contributed by atoms with van der Waals surface area (Å²) < 4.78 is 0. The zero-order valence-corrected chi connectivity index (χ0v) is 11.7. The van der Waals surface area contributed by atoms with E-state index >= 15 is 0 Å². The first kappa shape index (κ1) is 13.8. The van der Waals surface area contributed by atoms with Gasteiger partial charge >= 0.3 is 0 Å². The zero-order valence-electron chi connectivity index (χ0n) is 11.7. The molecule has 0 amide bonds. The summed E-state index contributed by atoms with van der Waals surface area (Å²) in [5.41, 5.74) is 7.01. The van der Waals surface area contributed by atoms with Gasteiger partial charge in [0.15, 0.2) is 0 Å². The Morgan fingerprint density at radius 2 is 2.19 bits per heavy atom. The number of fused-ring (bicyclic) bond motifs is 1. The lowest BCUT2D eigenvalue weighted by Gasteiger charge is -2.37. The molecule has 6 nitrogen and oxygen atoms in total. The Kier molecular flexibility index (Phi) is 3.70. The van der Waals surface area contributed by atoms with Crippen LogP contribution < -0.4 is 10.6 Å². The molecule has 1 saturated heterocycles. The molecule has 2 aromatic rings. The van der Waals surface area contributed by atoms with E-state index in [-0.39, 0.29) is 10.6 Å². The predicted molar refractivity (Wildman–Crippen MR) is 82.4 cm³/mol. The van der Waals surface area contributed by atoms with Gasteiger partial charge in [0.1, 0.15) is 0 Å². The van der Waals surface area contributed by atoms with Gasteiger partial charge in [-0.2, -0.15) is 0 Å². The summed E-state index contributed by atoms with van der Waals surface area (Å²) in [6, 6.07) is 5.56. The molecule has 1 fully saturated rings. The number of hydrogen-bond acceptors (Lipinski definition) is 5. The van der Waals surface area contributed by atoms with Crippen molar-refractivity contribution in [3.8, 4) is 0 Å². The average Bonchev–Trinajstić information content (AvgIpc) is 2.53. The number of nitrogens with zero attached hydrogens (tertiary/aromatic N) is 3. The van der Waals surface area contributed by atoms with Gasteiger partial charge in [0.05, 0.1) is 10.3 Å². The number of nitrogens with two attached hydrogens (primary N) is 1. The molecule has 0 bridgehead atoms. The molecular formula is C15H18N4O2. The van der Waals surface area contributed by atoms with Crippen LogP contribution in [-0.4, -0.2) is 29.0 Å². The summed E-state index contributed by atoms with van der Waals surface area (Å²) in [4.78, 5) is 17.1. The van der Waals surface area contributed by atoms with Crippen molar-refractivity contribution >= 4 is 22.1 Å². The Balaban J connectivity index is 2.15. The quantitative estimate of drug-likeness (QED) is 0.692. The van der Waals surface area contributed by atoms with Gasteiger partial charge in [0.25, 0.3) is 5.69 Å². The molecule has 3 rings (SSSR count). The molecule has 21 heavy (non-hydrogen) atoms. The van der Waals surface area contributed by atoms with Crippen molar-refractivity contribution in [3.05, 3.63) is 40.7 Å². The molecule has 2 N–H and O–H groups in total. The summed E-state index contributed by atoms with van der Waals surface area (Å²) in [6.45, 7) is 1.54. The van der Waals surface area contributed by atoms with E-state index in [0.29, 0.717) is 18.0 Å². The van der Waals surface area contributed by atoms with Gasteiger partial charge in [-0.1, -0.05) is 0 Å². The Morgan fingerprint density at radius 3 is 2.95 bits per heavy atom. The van der Waals surface area contributed by atoms with Crippen molar-refractivity contribution in [2.75, 3.05) is 18.0 Å². The number of non-ortho nitro benzene ring substituents is 1. The molecule has 0 saturated carbocycles. The third kappa shape index (κ3) is 2.42. The molecule has 1 unspecified atom stereocenters. The topological polar surface area (TPSA) is 85.3 Å². The number of nitro benzene ring substituents is 1. The first-order valence-electron chi connectivity index (χ1n) is 7.20. The molecule has 1 aliphatic rings. The average molecular weight is 286 g/mol. The number of rotatable bonds is 3. The van der Waals surface area contributed by atoms with E-state index in [1.807, 2.05) is 12.1 Å². The summed E-state index contributed by atoms with van der Waals surface area (Å²) in [6.07, 6.45) is 6.63. The minimum atomic E-state index is -0.357. The summed E-state index contributed by atoms with van der Waals surface area (Å²) in [7, 11) is 0. The first-order chi connectivity index (χ1) is 10.2. The Morgan fingerprint density at radius 1 is 1.33 bits per heavy atom. The van der Waals surface area contributed by atoms with Crippen LogP contribution in [0.5, 0.6) is 0 Å². The van der Waals surface area contributed by atoms with Gasteiger partial charge in [-0.25, -0.2) is 0 Å². The summed E-state index contributed by atoms with van der Waals surface area (Å²) >= 11 is 0. The number of hydrogen-bond donors (Lipinski definition) is 1. The van der Waals surface area contributed by atoms with E-state index in [1.165, 1.54) is 6.42 Å². The number of piperidine rings is 1. The van der Waals surface area contributed by atoms with Crippen LogP contribution in [0, 0.1) is 10.1 Å². The standard InChI is InChI=1S/C15H18N4O2/c16-9-11-3-1-2-8-18(11)14-4-5-15(19(20)21)13-10-17-7-6-12(13)14/h4-7,10-11H,1-3,8-9,16H2. The summed E-state index contributed by atoms with van der Waals surface area (Å²) in [5.74, 6) is 0. The Labute approximate surface area is 122 Å². The lowest BCUT2D eigenvalue weighted by Crippen LogP contribution is -2.44. The van der Waals surface area contributed by atoms with Gasteiger partial charge in [-0.05, 0) is 31.4 Å². The third-order valence-corrected chi connectivity index (χ3v) is 4.18. The van der Waals surface area contributed by atoms with E-state index in [0.717, 1.165) is 30.5 Å². The predicted octanol–water partition coefficient (Wildman–Crippen LogP) is 2.46. The molecule has 0 spiro atoms. The molecule has 1 aliphatic heterocycles. The van der Waals surface area contributed by atoms with Crippen molar-refractivity contribution in [2.45, 2.75) is 25.3 Å². The van der Waals surface area contributed by atoms with Gasteiger partial charge < -0.3 is 10.6 Å². The molecule has 6 heteroatoms. The SMILES string of the molecule is NCC1CCCCN1c1ccc([N+](=O)[O-])c2cnccc12. The molecule has 110 valence electrons. The van der Waals surface area contributed by atoms with Gasteiger partial charge in [0, 0.05) is 48.7 Å². The van der Waals surface area contributed by atoms with E-state index in [9.17, 15) is 10.1 Å². The second-order valence-electron chi connectivity index (χ2n) is 5.36. The minimum Gasteiger partial charge on any atom is -0.367 e. The van der Waals surface area contributed by atoms with Crippen molar-refractivity contribution in [1.29, 1.82) is 0 Å². The smallest absolute Gasteiger partial charge is 0.278 e.